The smallest absolute Gasteiger partial charge is 0.407 e. The molecule has 4 atom stereocenters. The number of rotatable bonds is 15. The van der Waals surface area contributed by atoms with Crippen LogP contribution in [0.2, 0.25) is 0 Å². The van der Waals surface area contributed by atoms with Crippen molar-refractivity contribution in [2.45, 2.75) is 77.7 Å². The number of ether oxygens (including phenoxy) is 4. The summed E-state index contributed by atoms with van der Waals surface area (Å²) in [5, 5.41) is 26.7. The standard InChI is InChI=1S/C32H46N2O9/c1-19(2)26(30(37)38)34-29(36)22(17-21-14-15-25(40-6)28(42-8)27(21)41-7)18-24(35)23(16-20-12-10-9-11-13-20)33-31(39)43-32(3,4)5/h9-15,19,22-24,26,35H,16-18H2,1-8H3,(H,33,39)(H,34,36)(H,37,38)/t22-,23+,24+,26+/m1/s1. The van der Waals surface area contributed by atoms with E-state index < -0.39 is 47.7 Å². The minimum absolute atomic E-state index is 0.0708. The Morgan fingerprint density at radius 1 is 0.860 bits per heavy atom. The van der Waals surface area contributed by atoms with Gasteiger partial charge in [-0.1, -0.05) is 50.2 Å². The molecule has 4 N–H and O–H groups in total. The molecule has 0 heterocycles. The number of alkyl carbamates (subject to hydrolysis) is 1. The van der Waals surface area contributed by atoms with Crippen LogP contribution in [0, 0.1) is 11.8 Å². The molecule has 2 aromatic rings. The number of hydrogen-bond acceptors (Lipinski definition) is 8. The molecule has 0 aliphatic heterocycles. The highest BCUT2D eigenvalue weighted by Crippen LogP contribution is 2.41. The van der Waals surface area contributed by atoms with E-state index in [1.165, 1.54) is 21.3 Å². The van der Waals surface area contributed by atoms with Crippen molar-refractivity contribution >= 4 is 18.0 Å². The van der Waals surface area contributed by atoms with Gasteiger partial charge in [0, 0.05) is 5.92 Å². The number of aliphatic carboxylic acids is 1. The van der Waals surface area contributed by atoms with E-state index in [9.17, 15) is 24.6 Å². The predicted octanol–water partition coefficient (Wildman–Crippen LogP) is 3.98. The number of carboxylic acids is 1. The maximum absolute atomic E-state index is 13.7. The normalized spacial score (nSPS) is 14.2. The Labute approximate surface area is 253 Å². The molecular weight excluding hydrogens is 556 g/mol. The fourth-order valence-electron chi connectivity index (χ4n) is 4.72. The van der Waals surface area contributed by atoms with Gasteiger partial charge >= 0.3 is 12.1 Å². The molecule has 0 aromatic heterocycles. The van der Waals surface area contributed by atoms with Gasteiger partial charge in [0.15, 0.2) is 11.5 Å². The van der Waals surface area contributed by atoms with Gasteiger partial charge in [-0.2, -0.15) is 0 Å². The van der Waals surface area contributed by atoms with Crippen molar-refractivity contribution in [3.05, 3.63) is 53.6 Å². The average Bonchev–Trinajstić information content (AvgIpc) is 2.93. The zero-order valence-electron chi connectivity index (χ0n) is 26.3. The number of amides is 2. The van der Waals surface area contributed by atoms with Crippen LogP contribution >= 0.6 is 0 Å². The van der Waals surface area contributed by atoms with Crippen LogP contribution in [0.5, 0.6) is 17.2 Å². The Morgan fingerprint density at radius 3 is 2.00 bits per heavy atom. The number of aliphatic hydroxyl groups is 1. The van der Waals surface area contributed by atoms with Crippen molar-refractivity contribution in [3.8, 4) is 17.2 Å². The van der Waals surface area contributed by atoms with Crippen molar-refractivity contribution in [2.75, 3.05) is 21.3 Å². The second-order valence-corrected chi connectivity index (χ2v) is 11.7. The summed E-state index contributed by atoms with van der Waals surface area (Å²) in [5.41, 5.74) is 0.682. The SMILES string of the molecule is COc1ccc(C[C@H](C[C@H](O)[C@H](Cc2ccccc2)NC(=O)OC(C)(C)C)C(=O)N[C@H](C(=O)O)C(C)C)c(OC)c1OC. The van der Waals surface area contributed by atoms with Crippen LogP contribution in [0.1, 0.15) is 52.2 Å². The molecule has 43 heavy (non-hydrogen) atoms. The Hall–Kier alpha value is -3.99. The number of benzene rings is 2. The summed E-state index contributed by atoms with van der Waals surface area (Å²) in [7, 11) is 4.42. The predicted molar refractivity (Wildman–Crippen MR) is 162 cm³/mol. The molecule has 0 fully saturated rings. The Balaban J connectivity index is 2.48. The van der Waals surface area contributed by atoms with Crippen LogP contribution in [0.25, 0.3) is 0 Å². The van der Waals surface area contributed by atoms with E-state index in [-0.39, 0.29) is 25.2 Å². The summed E-state index contributed by atoms with van der Waals surface area (Å²) in [6, 6.07) is 10.8. The van der Waals surface area contributed by atoms with E-state index in [1.54, 1.807) is 46.8 Å². The summed E-state index contributed by atoms with van der Waals surface area (Å²) >= 11 is 0. The Bertz CT molecular complexity index is 1210. The molecule has 2 amide bonds. The third kappa shape index (κ3) is 10.7. The first-order valence-electron chi connectivity index (χ1n) is 14.2. The second-order valence-electron chi connectivity index (χ2n) is 11.7. The van der Waals surface area contributed by atoms with Gasteiger partial charge in [0.25, 0.3) is 0 Å². The molecule has 0 unspecified atom stereocenters. The van der Waals surface area contributed by atoms with Gasteiger partial charge in [-0.3, -0.25) is 4.79 Å². The summed E-state index contributed by atoms with van der Waals surface area (Å²) in [6.45, 7) is 8.60. The highest BCUT2D eigenvalue weighted by atomic mass is 16.6. The third-order valence-electron chi connectivity index (χ3n) is 6.84. The number of carbonyl (C=O) groups is 3. The highest BCUT2D eigenvalue weighted by Gasteiger charge is 2.33. The molecule has 0 saturated heterocycles. The van der Waals surface area contributed by atoms with E-state index in [4.69, 9.17) is 18.9 Å². The van der Waals surface area contributed by atoms with Gasteiger partial charge in [-0.25, -0.2) is 9.59 Å². The molecule has 0 bridgehead atoms. The molecule has 0 radical (unpaired) electrons. The van der Waals surface area contributed by atoms with E-state index in [1.807, 2.05) is 30.3 Å². The average molecular weight is 603 g/mol. The van der Waals surface area contributed by atoms with Crippen molar-refractivity contribution in [1.82, 2.24) is 10.6 Å². The van der Waals surface area contributed by atoms with Gasteiger partial charge in [-0.05, 0) is 63.1 Å². The van der Waals surface area contributed by atoms with Crippen LogP contribution in [0.15, 0.2) is 42.5 Å². The molecule has 0 saturated carbocycles. The van der Waals surface area contributed by atoms with Crippen LogP contribution in [0.3, 0.4) is 0 Å². The van der Waals surface area contributed by atoms with Gasteiger partial charge in [0.05, 0.1) is 33.5 Å². The van der Waals surface area contributed by atoms with Crippen LogP contribution in [-0.2, 0) is 27.2 Å². The number of aliphatic hydroxyl groups excluding tert-OH is 1. The number of carbonyl (C=O) groups excluding carboxylic acids is 2. The van der Waals surface area contributed by atoms with Crippen molar-refractivity contribution in [1.29, 1.82) is 0 Å². The molecule has 0 spiro atoms. The minimum Gasteiger partial charge on any atom is -0.493 e. The second kappa shape index (κ2) is 16.0. The first-order valence-corrected chi connectivity index (χ1v) is 14.2. The van der Waals surface area contributed by atoms with Crippen molar-refractivity contribution in [3.63, 3.8) is 0 Å². The lowest BCUT2D eigenvalue weighted by molar-refractivity contribution is -0.144. The number of nitrogens with one attached hydrogen (secondary N) is 2. The zero-order valence-corrected chi connectivity index (χ0v) is 26.3. The van der Waals surface area contributed by atoms with Crippen LogP contribution in [0.4, 0.5) is 4.79 Å². The number of hydrogen-bond donors (Lipinski definition) is 4. The molecule has 2 rings (SSSR count). The quantitative estimate of drug-likeness (QED) is 0.237. The lowest BCUT2D eigenvalue weighted by Crippen LogP contribution is -2.50. The largest absolute Gasteiger partial charge is 0.493 e. The first-order chi connectivity index (χ1) is 20.2. The Morgan fingerprint density at radius 2 is 1.49 bits per heavy atom. The molecule has 2 aromatic carbocycles. The lowest BCUT2D eigenvalue weighted by Gasteiger charge is -2.30. The van der Waals surface area contributed by atoms with Gasteiger partial charge in [0.2, 0.25) is 11.7 Å². The molecule has 0 aliphatic carbocycles. The summed E-state index contributed by atoms with van der Waals surface area (Å²) in [4.78, 5) is 38.3. The lowest BCUT2D eigenvalue weighted by atomic mass is 9.87. The van der Waals surface area contributed by atoms with Gasteiger partial charge in [-0.15, -0.1) is 0 Å². The first kappa shape index (κ1) is 35.2. The van der Waals surface area contributed by atoms with Crippen LogP contribution < -0.4 is 24.8 Å². The van der Waals surface area contributed by atoms with E-state index in [2.05, 4.69) is 10.6 Å². The van der Waals surface area contributed by atoms with E-state index >= 15 is 0 Å². The molecule has 238 valence electrons. The zero-order chi connectivity index (χ0) is 32.3. The number of methoxy groups -OCH3 is 3. The topological polar surface area (TPSA) is 153 Å². The molecule has 11 heteroatoms. The Kier molecular flexibility index (Phi) is 13.1. The van der Waals surface area contributed by atoms with Crippen LogP contribution in [-0.4, -0.2) is 73.3 Å². The molecule has 11 nitrogen and oxygen atoms in total. The van der Waals surface area contributed by atoms with Crippen molar-refractivity contribution < 1.29 is 43.5 Å². The highest BCUT2D eigenvalue weighted by molar-refractivity contribution is 5.85. The molecular formula is C32H46N2O9. The van der Waals surface area contributed by atoms with Gasteiger partial charge in [0.1, 0.15) is 11.6 Å². The minimum atomic E-state index is -1.21. The van der Waals surface area contributed by atoms with E-state index in [0.29, 0.717) is 22.8 Å². The fraction of sp³-hybridized carbons (Fsp3) is 0.531. The summed E-state index contributed by atoms with van der Waals surface area (Å²) in [5.74, 6) is -1.92. The summed E-state index contributed by atoms with van der Waals surface area (Å²) < 4.78 is 21.9. The third-order valence-corrected chi connectivity index (χ3v) is 6.84. The maximum Gasteiger partial charge on any atom is 0.407 e. The maximum atomic E-state index is 13.7. The molecule has 0 aliphatic rings. The number of carboxylic acid groups (broad SMARTS) is 1. The summed E-state index contributed by atoms with van der Waals surface area (Å²) in [6.07, 6.45) is -1.70. The van der Waals surface area contributed by atoms with E-state index in [0.717, 1.165) is 5.56 Å². The monoisotopic (exact) mass is 602 g/mol. The fourth-order valence-corrected chi connectivity index (χ4v) is 4.72. The van der Waals surface area contributed by atoms with Gasteiger partial charge < -0.3 is 39.8 Å². The van der Waals surface area contributed by atoms with Crippen molar-refractivity contribution in [2.24, 2.45) is 11.8 Å².